The fraction of sp³-hybridized carbons (Fsp3) is 0.308. The Morgan fingerprint density at radius 2 is 2.00 bits per heavy atom. The predicted molar refractivity (Wildman–Crippen MR) is 84.2 cm³/mol. The van der Waals surface area contributed by atoms with Crippen molar-refractivity contribution >= 4 is 40.9 Å². The molecule has 21 heavy (non-hydrogen) atoms. The summed E-state index contributed by atoms with van der Waals surface area (Å²) in [5.74, 6) is 0.881. The van der Waals surface area contributed by atoms with E-state index in [1.54, 1.807) is 23.2 Å². The molecule has 0 spiro atoms. The summed E-state index contributed by atoms with van der Waals surface area (Å²) in [6, 6.07) is 7.09. The minimum Gasteiger partial charge on any atom is -0.351 e. The molecule has 1 aliphatic rings. The molecule has 0 unspecified atom stereocenters. The number of para-hydroxylation sites is 1. The quantitative estimate of drug-likeness (QED) is 0.922. The molecule has 110 valence electrons. The molecular formula is C13H14ClN5OS. The highest BCUT2D eigenvalue weighted by molar-refractivity contribution is 6.99. The average Bonchev–Trinajstić information content (AvgIpc) is 3.04. The number of halogens is 1. The third-order valence-corrected chi connectivity index (χ3v) is 4.15. The number of carbonyl (C=O) groups is 1. The van der Waals surface area contributed by atoms with E-state index in [1.807, 2.05) is 12.1 Å². The highest BCUT2D eigenvalue weighted by atomic mass is 35.5. The van der Waals surface area contributed by atoms with Gasteiger partial charge in [0.05, 0.1) is 28.6 Å². The minimum absolute atomic E-state index is 0.126. The van der Waals surface area contributed by atoms with Crippen LogP contribution in [0.2, 0.25) is 5.02 Å². The van der Waals surface area contributed by atoms with E-state index in [0.29, 0.717) is 23.8 Å². The third-order valence-electron chi connectivity index (χ3n) is 3.36. The van der Waals surface area contributed by atoms with Crippen LogP contribution in [0.3, 0.4) is 0 Å². The lowest BCUT2D eigenvalue weighted by Gasteiger charge is -2.34. The van der Waals surface area contributed by atoms with Gasteiger partial charge in [-0.2, -0.15) is 8.75 Å². The molecule has 1 saturated heterocycles. The van der Waals surface area contributed by atoms with Gasteiger partial charge in [0.2, 0.25) is 0 Å². The molecule has 1 N–H and O–H groups in total. The predicted octanol–water partition coefficient (Wildman–Crippen LogP) is 2.55. The number of benzene rings is 1. The molecular weight excluding hydrogens is 310 g/mol. The van der Waals surface area contributed by atoms with Gasteiger partial charge >= 0.3 is 6.03 Å². The summed E-state index contributed by atoms with van der Waals surface area (Å²) in [7, 11) is 0. The highest BCUT2D eigenvalue weighted by Crippen LogP contribution is 2.21. The summed E-state index contributed by atoms with van der Waals surface area (Å²) in [6.07, 6.45) is 1.75. The van der Waals surface area contributed by atoms with E-state index >= 15 is 0 Å². The molecule has 1 aromatic carbocycles. The first-order chi connectivity index (χ1) is 10.2. The van der Waals surface area contributed by atoms with Gasteiger partial charge in [-0.1, -0.05) is 23.7 Å². The standard InChI is InChI=1S/C13H14ClN5OS/c14-10-3-1-2-4-11(10)16-13(20)19-7-5-18(6-8-19)12-9-15-21-17-12/h1-4,9H,5-8H2,(H,16,20). The zero-order chi connectivity index (χ0) is 14.7. The van der Waals surface area contributed by atoms with Crippen molar-refractivity contribution < 1.29 is 4.79 Å². The molecule has 0 bridgehead atoms. The summed E-state index contributed by atoms with van der Waals surface area (Å²) in [5.41, 5.74) is 0.635. The zero-order valence-electron chi connectivity index (χ0n) is 11.2. The van der Waals surface area contributed by atoms with Crippen LogP contribution in [0, 0.1) is 0 Å². The van der Waals surface area contributed by atoms with Gasteiger partial charge in [0.1, 0.15) is 0 Å². The SMILES string of the molecule is O=C(Nc1ccccc1Cl)N1CCN(c2cnsn2)CC1. The summed E-state index contributed by atoms with van der Waals surface area (Å²) in [6.45, 7) is 2.80. The van der Waals surface area contributed by atoms with Crippen LogP contribution in [0.15, 0.2) is 30.5 Å². The smallest absolute Gasteiger partial charge is 0.322 e. The number of carbonyl (C=O) groups excluding carboxylic acids is 1. The van der Waals surface area contributed by atoms with Gasteiger partial charge in [-0.25, -0.2) is 4.79 Å². The summed E-state index contributed by atoms with van der Waals surface area (Å²) >= 11 is 7.24. The molecule has 0 radical (unpaired) electrons. The van der Waals surface area contributed by atoms with Gasteiger partial charge in [0.25, 0.3) is 0 Å². The van der Waals surface area contributed by atoms with E-state index in [9.17, 15) is 4.79 Å². The van der Waals surface area contributed by atoms with Crippen molar-refractivity contribution in [3.63, 3.8) is 0 Å². The molecule has 1 fully saturated rings. The molecule has 0 saturated carbocycles. The van der Waals surface area contributed by atoms with Crippen LogP contribution in [-0.4, -0.2) is 45.9 Å². The van der Waals surface area contributed by atoms with Gasteiger partial charge in [-0.15, -0.1) is 0 Å². The molecule has 6 nitrogen and oxygen atoms in total. The summed E-state index contributed by atoms with van der Waals surface area (Å²) in [4.78, 5) is 16.1. The summed E-state index contributed by atoms with van der Waals surface area (Å²) in [5, 5.41) is 3.38. The molecule has 2 amide bonds. The maximum Gasteiger partial charge on any atom is 0.322 e. The second kappa shape index (κ2) is 6.28. The number of hydrogen-bond acceptors (Lipinski definition) is 5. The van der Waals surface area contributed by atoms with Crippen molar-refractivity contribution in [3.8, 4) is 0 Å². The second-order valence-corrected chi connectivity index (χ2v) is 5.61. The van der Waals surface area contributed by atoms with Crippen LogP contribution >= 0.6 is 23.3 Å². The minimum atomic E-state index is -0.126. The number of hydrogen-bond donors (Lipinski definition) is 1. The van der Waals surface area contributed by atoms with E-state index < -0.39 is 0 Å². The van der Waals surface area contributed by atoms with Crippen LogP contribution in [-0.2, 0) is 0 Å². The number of rotatable bonds is 2. The number of piperazine rings is 1. The Bertz CT molecular complexity index is 613. The van der Waals surface area contributed by atoms with Gasteiger partial charge in [-0.3, -0.25) is 0 Å². The van der Waals surface area contributed by atoms with E-state index in [-0.39, 0.29) is 6.03 Å². The Hall–Kier alpha value is -1.86. The van der Waals surface area contributed by atoms with E-state index in [2.05, 4.69) is 19.0 Å². The highest BCUT2D eigenvalue weighted by Gasteiger charge is 2.22. The molecule has 0 aliphatic carbocycles. The largest absolute Gasteiger partial charge is 0.351 e. The average molecular weight is 324 g/mol. The lowest BCUT2D eigenvalue weighted by Crippen LogP contribution is -2.50. The number of anilines is 2. The van der Waals surface area contributed by atoms with Crippen molar-refractivity contribution in [3.05, 3.63) is 35.5 Å². The van der Waals surface area contributed by atoms with Crippen molar-refractivity contribution in [1.29, 1.82) is 0 Å². The molecule has 2 aromatic rings. The number of nitrogens with zero attached hydrogens (tertiary/aromatic N) is 4. The first-order valence-corrected chi connectivity index (χ1v) is 7.68. The molecule has 3 rings (SSSR count). The number of urea groups is 1. The van der Waals surface area contributed by atoms with Crippen molar-refractivity contribution in [1.82, 2.24) is 13.6 Å². The zero-order valence-corrected chi connectivity index (χ0v) is 12.8. The maximum atomic E-state index is 12.2. The van der Waals surface area contributed by atoms with Crippen LogP contribution in [0.5, 0.6) is 0 Å². The number of aromatic nitrogens is 2. The monoisotopic (exact) mass is 323 g/mol. The molecule has 0 atom stereocenters. The normalized spacial score (nSPS) is 15.1. The first kappa shape index (κ1) is 14.1. The van der Waals surface area contributed by atoms with Crippen LogP contribution in [0.4, 0.5) is 16.3 Å². The lowest BCUT2D eigenvalue weighted by molar-refractivity contribution is 0.208. The fourth-order valence-corrected chi connectivity index (χ4v) is 2.81. The van der Waals surface area contributed by atoms with Crippen LogP contribution in [0.1, 0.15) is 0 Å². The Kier molecular flexibility index (Phi) is 4.21. The van der Waals surface area contributed by atoms with Crippen molar-refractivity contribution in [2.24, 2.45) is 0 Å². The lowest BCUT2D eigenvalue weighted by atomic mass is 10.3. The molecule has 1 aromatic heterocycles. The topological polar surface area (TPSA) is 61.4 Å². The Morgan fingerprint density at radius 3 is 2.67 bits per heavy atom. The van der Waals surface area contributed by atoms with Crippen LogP contribution < -0.4 is 10.2 Å². The van der Waals surface area contributed by atoms with Gasteiger partial charge in [-0.05, 0) is 12.1 Å². The number of amides is 2. The Labute approximate surface area is 131 Å². The molecule has 1 aliphatic heterocycles. The maximum absolute atomic E-state index is 12.2. The Morgan fingerprint density at radius 1 is 1.24 bits per heavy atom. The molecule has 2 heterocycles. The van der Waals surface area contributed by atoms with Crippen LogP contribution in [0.25, 0.3) is 0 Å². The van der Waals surface area contributed by atoms with E-state index in [4.69, 9.17) is 11.6 Å². The van der Waals surface area contributed by atoms with Gasteiger partial charge in [0, 0.05) is 26.2 Å². The van der Waals surface area contributed by atoms with E-state index in [1.165, 1.54) is 11.7 Å². The van der Waals surface area contributed by atoms with Gasteiger partial charge < -0.3 is 15.1 Å². The first-order valence-electron chi connectivity index (χ1n) is 6.57. The second-order valence-electron chi connectivity index (χ2n) is 4.65. The van der Waals surface area contributed by atoms with E-state index in [0.717, 1.165) is 18.9 Å². The third kappa shape index (κ3) is 3.25. The molecule has 8 heteroatoms. The van der Waals surface area contributed by atoms with Crippen molar-refractivity contribution in [2.75, 3.05) is 36.4 Å². The fourth-order valence-electron chi connectivity index (χ4n) is 2.19. The van der Waals surface area contributed by atoms with Gasteiger partial charge in [0.15, 0.2) is 5.82 Å². The number of nitrogens with one attached hydrogen (secondary N) is 1. The Balaban J connectivity index is 1.57. The summed E-state index contributed by atoms with van der Waals surface area (Å²) < 4.78 is 8.21. The van der Waals surface area contributed by atoms with Crippen molar-refractivity contribution in [2.45, 2.75) is 0 Å².